The van der Waals surface area contributed by atoms with E-state index in [1.54, 1.807) is 11.0 Å². The molecule has 268 valence electrons. The van der Waals surface area contributed by atoms with Gasteiger partial charge < -0.3 is 15.5 Å². The number of nitrogens with zero attached hydrogens (tertiary/aromatic N) is 2. The Balaban J connectivity index is 1.83. The third kappa shape index (κ3) is 9.78. The number of Topliss-reactive ketones (excluding diaryl/α,β-unsaturated/α-hetero) is 3. The molecule has 11 nitrogen and oxygen atoms in total. The van der Waals surface area contributed by atoms with Crippen molar-refractivity contribution in [1.82, 2.24) is 19.8 Å². The van der Waals surface area contributed by atoms with Crippen LogP contribution in [0.1, 0.15) is 99.3 Å². The maximum atomic E-state index is 14.4. The number of allylic oxidation sites excluding steroid dienone is 1. The predicted molar refractivity (Wildman–Crippen MR) is 185 cm³/mol. The summed E-state index contributed by atoms with van der Waals surface area (Å²) in [5.41, 5.74) is -1.22. The van der Waals surface area contributed by atoms with Crippen molar-refractivity contribution < 1.29 is 32.4 Å². The lowest BCUT2D eigenvalue weighted by Gasteiger charge is -2.38. The molecule has 0 radical (unpaired) electrons. The van der Waals surface area contributed by atoms with Gasteiger partial charge in [-0.15, -0.1) is 18.9 Å². The first-order chi connectivity index (χ1) is 22.3. The standard InChI is InChI=1S/C36H56N4O7S/c1-9-11-15-24(31(43)27(41)18-12-10-2)21-28(42)30-26-17-13-16-25(26)22-40(30)33(44)32(36(6,7)8)38-34(45)37-29(35(3,4)5)23-39-19-14-20-48(39,46)47/h1,10,24-26,29-30,32H,2,11-23H2,3-8H3,(H2,37,38,45)/t24?,25-,26-,29+,30-,32+/m0/s1. The van der Waals surface area contributed by atoms with E-state index in [1.165, 1.54) is 4.31 Å². The minimum atomic E-state index is -3.38. The first kappa shape index (κ1) is 39.4. The number of amides is 3. The average Bonchev–Trinajstić information content (AvgIpc) is 3.68. The van der Waals surface area contributed by atoms with Crippen LogP contribution in [0.3, 0.4) is 0 Å². The van der Waals surface area contributed by atoms with Crippen LogP contribution in [-0.2, 0) is 29.2 Å². The van der Waals surface area contributed by atoms with E-state index < -0.39 is 62.5 Å². The largest absolute Gasteiger partial charge is 0.334 e. The van der Waals surface area contributed by atoms with Crippen molar-refractivity contribution in [2.75, 3.05) is 25.4 Å². The van der Waals surface area contributed by atoms with Gasteiger partial charge in [0.2, 0.25) is 21.7 Å². The van der Waals surface area contributed by atoms with Crippen molar-refractivity contribution in [3.63, 3.8) is 0 Å². The number of likely N-dealkylation sites (tertiary alicyclic amines) is 1. The minimum Gasteiger partial charge on any atom is -0.334 e. The van der Waals surface area contributed by atoms with Gasteiger partial charge in [0.1, 0.15) is 6.04 Å². The first-order valence-electron chi connectivity index (χ1n) is 17.3. The lowest BCUT2D eigenvalue weighted by atomic mass is 9.83. The molecule has 0 aromatic carbocycles. The number of rotatable bonds is 15. The molecule has 12 heteroatoms. The van der Waals surface area contributed by atoms with Crippen molar-refractivity contribution in [1.29, 1.82) is 0 Å². The average molecular weight is 689 g/mol. The summed E-state index contributed by atoms with van der Waals surface area (Å²) in [5.74, 6) is -0.0261. The highest BCUT2D eigenvalue weighted by atomic mass is 32.2. The Morgan fingerprint density at radius 2 is 1.71 bits per heavy atom. The first-order valence-corrected chi connectivity index (χ1v) is 18.9. The summed E-state index contributed by atoms with van der Waals surface area (Å²) < 4.78 is 26.5. The fourth-order valence-corrected chi connectivity index (χ4v) is 8.79. The number of nitrogens with one attached hydrogen (secondary N) is 2. The topological polar surface area (TPSA) is 150 Å². The van der Waals surface area contributed by atoms with Gasteiger partial charge >= 0.3 is 6.03 Å². The van der Waals surface area contributed by atoms with Gasteiger partial charge in [-0.05, 0) is 54.8 Å². The normalized spacial score (nSPS) is 24.2. The highest BCUT2D eigenvalue weighted by Crippen LogP contribution is 2.44. The molecule has 3 amide bonds. The summed E-state index contributed by atoms with van der Waals surface area (Å²) in [6.07, 6.45) is 10.8. The number of fused-ring (bicyclic) bond motifs is 1. The van der Waals surface area contributed by atoms with Gasteiger partial charge in [-0.1, -0.05) is 54.0 Å². The van der Waals surface area contributed by atoms with Crippen LogP contribution in [0.15, 0.2) is 12.7 Å². The molecule has 2 heterocycles. The fraction of sp³-hybridized carbons (Fsp3) is 0.750. The van der Waals surface area contributed by atoms with Crippen LogP contribution >= 0.6 is 0 Å². The maximum Gasteiger partial charge on any atom is 0.315 e. The summed E-state index contributed by atoms with van der Waals surface area (Å²) in [4.78, 5) is 69.5. The van der Waals surface area contributed by atoms with Crippen molar-refractivity contribution in [3.8, 4) is 12.3 Å². The summed E-state index contributed by atoms with van der Waals surface area (Å²) in [5, 5.41) is 5.82. The van der Waals surface area contributed by atoms with Crippen molar-refractivity contribution in [2.24, 2.45) is 28.6 Å². The van der Waals surface area contributed by atoms with Gasteiger partial charge in [0.25, 0.3) is 0 Å². The molecule has 2 saturated heterocycles. The molecule has 0 bridgehead atoms. The number of hydrogen-bond donors (Lipinski definition) is 2. The number of hydrogen-bond acceptors (Lipinski definition) is 7. The van der Waals surface area contributed by atoms with E-state index in [2.05, 4.69) is 23.1 Å². The number of carbonyl (C=O) groups excluding carboxylic acids is 5. The van der Waals surface area contributed by atoms with E-state index in [0.29, 0.717) is 25.9 Å². The number of sulfonamides is 1. The molecular formula is C36H56N4O7S. The van der Waals surface area contributed by atoms with Crippen LogP contribution in [0, 0.1) is 40.9 Å². The molecule has 0 aromatic rings. The molecule has 1 saturated carbocycles. The third-order valence-corrected chi connectivity index (χ3v) is 12.1. The van der Waals surface area contributed by atoms with Gasteiger partial charge in [-0.3, -0.25) is 19.2 Å². The number of carbonyl (C=O) groups is 5. The number of terminal acetylenes is 1. The molecule has 1 unspecified atom stereocenters. The van der Waals surface area contributed by atoms with Crippen molar-refractivity contribution >= 4 is 39.3 Å². The van der Waals surface area contributed by atoms with E-state index in [9.17, 15) is 32.4 Å². The lowest BCUT2D eigenvalue weighted by Crippen LogP contribution is -2.61. The third-order valence-electron chi connectivity index (χ3n) is 10.1. The summed E-state index contributed by atoms with van der Waals surface area (Å²) in [7, 11) is -3.38. The van der Waals surface area contributed by atoms with E-state index in [1.807, 2.05) is 41.5 Å². The molecule has 1 aliphatic carbocycles. The molecule has 3 aliphatic rings. The van der Waals surface area contributed by atoms with Crippen LogP contribution < -0.4 is 10.6 Å². The molecule has 48 heavy (non-hydrogen) atoms. The zero-order chi connectivity index (χ0) is 36.0. The quantitative estimate of drug-likeness (QED) is 0.151. The Morgan fingerprint density at radius 3 is 2.27 bits per heavy atom. The zero-order valence-corrected chi connectivity index (χ0v) is 30.5. The van der Waals surface area contributed by atoms with Crippen molar-refractivity contribution in [3.05, 3.63) is 12.7 Å². The monoisotopic (exact) mass is 688 g/mol. The molecule has 3 fully saturated rings. The van der Waals surface area contributed by atoms with Crippen LogP contribution in [0.5, 0.6) is 0 Å². The summed E-state index contributed by atoms with van der Waals surface area (Å²) >= 11 is 0. The van der Waals surface area contributed by atoms with Crippen molar-refractivity contribution in [2.45, 2.75) is 117 Å². The Bertz CT molecular complexity index is 1390. The van der Waals surface area contributed by atoms with Gasteiger partial charge in [-0.25, -0.2) is 13.2 Å². The molecule has 0 aromatic heterocycles. The highest BCUT2D eigenvalue weighted by Gasteiger charge is 2.52. The number of ketones is 3. The van der Waals surface area contributed by atoms with Gasteiger partial charge in [0.05, 0.1) is 11.8 Å². The van der Waals surface area contributed by atoms with Gasteiger partial charge in [0.15, 0.2) is 11.6 Å². The second-order valence-electron chi connectivity index (χ2n) is 15.9. The molecule has 3 rings (SSSR count). The van der Waals surface area contributed by atoms with E-state index in [-0.39, 0.29) is 61.5 Å². The molecule has 0 spiro atoms. The predicted octanol–water partition coefficient (Wildman–Crippen LogP) is 3.87. The Kier molecular flexibility index (Phi) is 13.2. The molecule has 2 aliphatic heterocycles. The second-order valence-corrected chi connectivity index (χ2v) is 18.0. The molecular weight excluding hydrogens is 632 g/mol. The van der Waals surface area contributed by atoms with Crippen LogP contribution in [0.4, 0.5) is 4.79 Å². The van der Waals surface area contributed by atoms with E-state index >= 15 is 0 Å². The minimum absolute atomic E-state index is 0.0206. The van der Waals surface area contributed by atoms with E-state index in [0.717, 1.165) is 19.3 Å². The Labute approximate surface area is 287 Å². The second kappa shape index (κ2) is 16.1. The number of urea groups is 1. The van der Waals surface area contributed by atoms with E-state index in [4.69, 9.17) is 6.42 Å². The smallest absolute Gasteiger partial charge is 0.315 e. The summed E-state index contributed by atoms with van der Waals surface area (Å²) in [6, 6.07) is -2.90. The highest BCUT2D eigenvalue weighted by molar-refractivity contribution is 7.89. The molecule has 6 atom stereocenters. The van der Waals surface area contributed by atoms with Gasteiger partial charge in [-0.2, -0.15) is 4.31 Å². The van der Waals surface area contributed by atoms with Crippen LogP contribution in [-0.4, -0.2) is 90.4 Å². The fourth-order valence-electron chi connectivity index (χ4n) is 7.26. The maximum absolute atomic E-state index is 14.4. The Hall–Kier alpha value is -3.04. The zero-order valence-electron chi connectivity index (χ0n) is 29.7. The molecule has 2 N–H and O–H groups in total. The van der Waals surface area contributed by atoms with Crippen LogP contribution in [0.25, 0.3) is 0 Å². The van der Waals surface area contributed by atoms with Crippen LogP contribution in [0.2, 0.25) is 0 Å². The SMILES string of the molecule is C#CCCC(CC(=O)[C@@H]1[C@H]2CCC[C@H]2CN1C(=O)[C@@H](NC(=O)N[C@H](CN1CCCS1(=O)=O)C(C)(C)C)C(C)(C)C)C(=O)C(=O)CCC=C. The lowest BCUT2D eigenvalue weighted by molar-refractivity contribution is -0.144. The van der Waals surface area contributed by atoms with Gasteiger partial charge in [0, 0.05) is 50.9 Å². The Morgan fingerprint density at radius 1 is 1.02 bits per heavy atom. The summed E-state index contributed by atoms with van der Waals surface area (Å²) in [6.45, 7) is 15.8.